The number of carbonyl (C=O) groups is 1. The average molecular weight is 578 g/mol. The van der Waals surface area contributed by atoms with Gasteiger partial charge in [-0.15, -0.1) is 0 Å². The lowest BCUT2D eigenvalue weighted by atomic mass is 10.1. The summed E-state index contributed by atoms with van der Waals surface area (Å²) in [6.07, 6.45) is 6.42. The second kappa shape index (κ2) is 12.9. The van der Waals surface area contributed by atoms with Gasteiger partial charge in [-0.2, -0.15) is 5.10 Å². The van der Waals surface area contributed by atoms with Gasteiger partial charge >= 0.3 is 0 Å². The van der Waals surface area contributed by atoms with E-state index in [2.05, 4.69) is 32.8 Å². The molecule has 1 fully saturated rings. The summed E-state index contributed by atoms with van der Waals surface area (Å²) in [4.78, 5) is 21.9. The minimum absolute atomic E-state index is 0.226. The number of fused-ring (bicyclic) bond motifs is 1. The zero-order valence-corrected chi connectivity index (χ0v) is 24.3. The van der Waals surface area contributed by atoms with Crippen LogP contribution in [-0.2, 0) is 13.0 Å². The van der Waals surface area contributed by atoms with Crippen molar-refractivity contribution in [1.29, 1.82) is 0 Å². The number of ether oxygens (including phenoxy) is 2. The molecule has 220 valence electrons. The number of benzene rings is 2. The fourth-order valence-corrected chi connectivity index (χ4v) is 5.22. The van der Waals surface area contributed by atoms with Crippen molar-refractivity contribution in [3.63, 3.8) is 0 Å². The quantitative estimate of drug-likeness (QED) is 0.184. The molecule has 0 radical (unpaired) electrons. The number of hydrogen-bond donors (Lipinski definition) is 3. The number of aromatic nitrogens is 4. The number of rotatable bonds is 11. The first kappa shape index (κ1) is 28.2. The predicted molar refractivity (Wildman–Crippen MR) is 167 cm³/mol. The van der Waals surface area contributed by atoms with Crippen LogP contribution in [0.15, 0.2) is 79.1 Å². The molecule has 3 aromatic heterocycles. The maximum atomic E-state index is 12.9. The van der Waals surface area contributed by atoms with Crippen LogP contribution in [-0.4, -0.2) is 51.9 Å². The molecule has 5 aromatic rings. The Balaban J connectivity index is 1.24. The Bertz CT molecular complexity index is 1690. The maximum absolute atomic E-state index is 12.9. The fourth-order valence-electron chi connectivity index (χ4n) is 5.22. The van der Waals surface area contributed by atoms with Gasteiger partial charge in [0, 0.05) is 36.6 Å². The molecule has 1 amide bonds. The monoisotopic (exact) mass is 577 g/mol. The Morgan fingerprint density at radius 2 is 1.79 bits per heavy atom. The topological polar surface area (TPSA) is 115 Å². The highest BCUT2D eigenvalue weighted by Gasteiger charge is 2.22. The minimum atomic E-state index is -0.226. The van der Waals surface area contributed by atoms with Crippen LogP contribution < -0.4 is 25.4 Å². The number of pyridine rings is 2. The van der Waals surface area contributed by atoms with E-state index in [1.165, 1.54) is 0 Å². The third kappa shape index (κ3) is 6.60. The molecule has 1 atom stereocenters. The Hall–Kier alpha value is -4.96. The summed E-state index contributed by atoms with van der Waals surface area (Å²) in [5.74, 6) is 3.08. The van der Waals surface area contributed by atoms with Crippen molar-refractivity contribution in [2.45, 2.75) is 38.8 Å². The third-order valence-electron chi connectivity index (χ3n) is 7.44. The zero-order valence-electron chi connectivity index (χ0n) is 24.3. The van der Waals surface area contributed by atoms with E-state index in [-0.39, 0.29) is 11.9 Å². The number of anilines is 2. The highest BCUT2D eigenvalue weighted by molar-refractivity contribution is 6.03. The number of nitrogens with one attached hydrogen (secondary N) is 3. The summed E-state index contributed by atoms with van der Waals surface area (Å²) in [5, 5.41) is 15.6. The second-order valence-electron chi connectivity index (χ2n) is 10.6. The Morgan fingerprint density at radius 1 is 1.00 bits per heavy atom. The summed E-state index contributed by atoms with van der Waals surface area (Å²) in [5.41, 5.74) is 3.45. The number of aryl methyl sites for hydroxylation is 1. The summed E-state index contributed by atoms with van der Waals surface area (Å²) >= 11 is 0. The number of carbonyl (C=O) groups excluding carboxylic acids is 1. The number of nitrogens with zero attached hydrogens (tertiary/aromatic N) is 4. The lowest BCUT2D eigenvalue weighted by molar-refractivity contribution is 0.102. The largest absolute Gasteiger partial charge is 0.497 e. The van der Waals surface area contributed by atoms with E-state index in [1.807, 2.05) is 47.1 Å². The molecule has 43 heavy (non-hydrogen) atoms. The van der Waals surface area contributed by atoms with Crippen LogP contribution >= 0.6 is 0 Å². The van der Waals surface area contributed by atoms with Crippen LogP contribution in [0.2, 0.25) is 0 Å². The number of amides is 1. The van der Waals surface area contributed by atoms with E-state index in [9.17, 15) is 4.79 Å². The molecule has 1 saturated heterocycles. The molecule has 1 aliphatic rings. The molecular weight excluding hydrogens is 542 g/mol. The lowest BCUT2D eigenvalue weighted by Crippen LogP contribution is -2.22. The molecule has 0 unspecified atom stereocenters. The SMILES string of the molecule is CCCc1ccnc(NC(=O)c2ccc(Oc3ccnc4c3c(N[C@@H]3CCNC3)nn4Cc3ccc(OC)cc3)cc2)c1. The van der Waals surface area contributed by atoms with E-state index in [0.29, 0.717) is 29.4 Å². The van der Waals surface area contributed by atoms with Crippen LogP contribution in [0, 0.1) is 0 Å². The van der Waals surface area contributed by atoms with Gasteiger partial charge in [-0.25, -0.2) is 14.6 Å². The van der Waals surface area contributed by atoms with Crippen LogP contribution in [0.5, 0.6) is 17.2 Å². The number of methoxy groups -OCH3 is 1. The van der Waals surface area contributed by atoms with E-state index in [0.717, 1.165) is 66.1 Å². The molecule has 6 rings (SSSR count). The van der Waals surface area contributed by atoms with Crippen molar-refractivity contribution < 1.29 is 14.3 Å². The third-order valence-corrected chi connectivity index (χ3v) is 7.44. The normalized spacial score (nSPS) is 14.5. The molecule has 1 aliphatic heterocycles. The molecule has 0 spiro atoms. The Kier molecular flexibility index (Phi) is 8.46. The summed E-state index contributed by atoms with van der Waals surface area (Å²) in [6.45, 7) is 4.50. The highest BCUT2D eigenvalue weighted by atomic mass is 16.5. The van der Waals surface area contributed by atoms with E-state index in [4.69, 9.17) is 14.6 Å². The van der Waals surface area contributed by atoms with Gasteiger partial charge in [-0.3, -0.25) is 4.79 Å². The van der Waals surface area contributed by atoms with Gasteiger partial charge in [-0.05, 0) is 79.0 Å². The molecular formula is C33H35N7O3. The predicted octanol–water partition coefficient (Wildman–Crippen LogP) is 5.65. The van der Waals surface area contributed by atoms with Gasteiger partial charge in [0.25, 0.3) is 5.91 Å². The van der Waals surface area contributed by atoms with Crippen molar-refractivity contribution in [3.8, 4) is 17.2 Å². The van der Waals surface area contributed by atoms with Crippen molar-refractivity contribution in [1.82, 2.24) is 25.1 Å². The highest BCUT2D eigenvalue weighted by Crippen LogP contribution is 2.35. The number of hydrogen-bond acceptors (Lipinski definition) is 8. The molecule has 0 saturated carbocycles. The summed E-state index contributed by atoms with van der Waals surface area (Å²) < 4.78 is 13.6. The van der Waals surface area contributed by atoms with Crippen molar-refractivity contribution in [2.24, 2.45) is 0 Å². The second-order valence-corrected chi connectivity index (χ2v) is 10.6. The molecule has 10 nitrogen and oxygen atoms in total. The molecule has 0 bridgehead atoms. The van der Waals surface area contributed by atoms with Crippen molar-refractivity contribution >= 4 is 28.6 Å². The van der Waals surface area contributed by atoms with Crippen LogP contribution in [0.25, 0.3) is 11.0 Å². The average Bonchev–Trinajstić information content (AvgIpc) is 3.67. The molecule has 2 aromatic carbocycles. The van der Waals surface area contributed by atoms with E-state index >= 15 is 0 Å². The van der Waals surface area contributed by atoms with E-state index in [1.54, 1.807) is 43.8 Å². The first-order valence-corrected chi connectivity index (χ1v) is 14.6. The molecule has 10 heteroatoms. The van der Waals surface area contributed by atoms with Crippen LogP contribution in [0.3, 0.4) is 0 Å². The molecule has 3 N–H and O–H groups in total. The van der Waals surface area contributed by atoms with Gasteiger partial charge in [0.2, 0.25) is 0 Å². The summed E-state index contributed by atoms with van der Waals surface area (Å²) in [6, 6.07) is 21.0. The van der Waals surface area contributed by atoms with Crippen LogP contribution in [0.1, 0.15) is 41.3 Å². The van der Waals surface area contributed by atoms with E-state index < -0.39 is 0 Å². The van der Waals surface area contributed by atoms with Crippen LogP contribution in [0.4, 0.5) is 11.6 Å². The first-order valence-electron chi connectivity index (χ1n) is 14.6. The lowest BCUT2D eigenvalue weighted by Gasteiger charge is -2.12. The molecule has 0 aliphatic carbocycles. The van der Waals surface area contributed by atoms with Gasteiger partial charge in [-0.1, -0.05) is 25.5 Å². The molecule has 4 heterocycles. The smallest absolute Gasteiger partial charge is 0.256 e. The summed E-state index contributed by atoms with van der Waals surface area (Å²) in [7, 11) is 1.66. The van der Waals surface area contributed by atoms with Gasteiger partial charge in [0.1, 0.15) is 28.5 Å². The van der Waals surface area contributed by atoms with Crippen molar-refractivity contribution in [2.75, 3.05) is 30.8 Å². The first-order chi connectivity index (χ1) is 21.1. The maximum Gasteiger partial charge on any atom is 0.256 e. The fraction of sp³-hybridized carbons (Fsp3) is 0.273. The Morgan fingerprint density at radius 3 is 2.53 bits per heavy atom. The van der Waals surface area contributed by atoms with Gasteiger partial charge < -0.3 is 25.4 Å². The van der Waals surface area contributed by atoms with Gasteiger partial charge in [0.15, 0.2) is 11.5 Å². The standard InChI is InChI=1S/C33H35N7O3/c1-3-4-22-13-17-35-29(19-22)38-33(41)24-7-11-27(12-8-24)43-28-15-18-36-32-30(28)31(37-25-14-16-34-20-25)39-40(32)21-23-5-9-26(42-2)10-6-23/h5-13,15,17-19,25,34H,3-4,14,16,20-21H2,1-2H3,(H,37,39)(H,35,38,41)/t25-/m1/s1. The van der Waals surface area contributed by atoms with Crippen molar-refractivity contribution in [3.05, 3.63) is 95.8 Å². The Labute approximate surface area is 250 Å². The minimum Gasteiger partial charge on any atom is -0.497 e. The zero-order chi connectivity index (χ0) is 29.6. The van der Waals surface area contributed by atoms with Gasteiger partial charge in [0.05, 0.1) is 13.7 Å².